The van der Waals surface area contributed by atoms with Gasteiger partial charge in [-0.2, -0.15) is 0 Å². The summed E-state index contributed by atoms with van der Waals surface area (Å²) >= 11 is 0. The number of fused-ring (bicyclic) bond motifs is 1. The summed E-state index contributed by atoms with van der Waals surface area (Å²) in [6.45, 7) is 1.57. The van der Waals surface area contributed by atoms with Gasteiger partial charge in [-0.25, -0.2) is 0 Å². The lowest BCUT2D eigenvalue weighted by atomic mass is 9.97. The molecule has 6 nitrogen and oxygen atoms in total. The Morgan fingerprint density at radius 1 is 1.14 bits per heavy atom. The number of carbonyl (C=O) groups is 2. The average Bonchev–Trinajstić information content (AvgIpc) is 3.18. The highest BCUT2D eigenvalue weighted by Crippen LogP contribution is 2.25. The van der Waals surface area contributed by atoms with Crippen LogP contribution in [-0.4, -0.2) is 37.1 Å². The Morgan fingerprint density at radius 3 is 2.68 bits per heavy atom. The number of benzene rings is 2. The van der Waals surface area contributed by atoms with Crippen LogP contribution in [-0.2, 0) is 9.53 Å². The number of aromatic amines is 1. The number of esters is 1. The van der Waals surface area contributed by atoms with E-state index in [1.54, 1.807) is 0 Å². The Morgan fingerprint density at radius 2 is 1.93 bits per heavy atom. The third-order valence-electron chi connectivity index (χ3n) is 5.22. The number of amides is 1. The van der Waals surface area contributed by atoms with Crippen LogP contribution in [0.3, 0.4) is 0 Å². The number of ether oxygens (including phenoxy) is 1. The molecule has 144 valence electrons. The number of para-hydroxylation sites is 1. The SMILES string of the molecule is COC(=O)C1CCCN(c2ccc(NC(=O)c3cc4ccccc4[nH]3)cc2)C1. The number of hydrogen-bond donors (Lipinski definition) is 2. The zero-order chi connectivity index (χ0) is 19.5. The Labute approximate surface area is 163 Å². The maximum absolute atomic E-state index is 12.5. The molecule has 1 fully saturated rings. The molecule has 2 N–H and O–H groups in total. The molecule has 0 aliphatic carbocycles. The summed E-state index contributed by atoms with van der Waals surface area (Å²) in [5.74, 6) is -0.403. The molecule has 1 aromatic heterocycles. The number of piperidine rings is 1. The Bertz CT molecular complexity index is 961. The van der Waals surface area contributed by atoms with Gasteiger partial charge >= 0.3 is 5.97 Å². The minimum atomic E-state index is -0.173. The molecule has 1 aliphatic heterocycles. The smallest absolute Gasteiger partial charge is 0.310 e. The highest BCUT2D eigenvalue weighted by molar-refractivity contribution is 6.05. The second-order valence-corrected chi connectivity index (χ2v) is 7.08. The van der Waals surface area contributed by atoms with E-state index in [0.717, 1.165) is 41.7 Å². The van der Waals surface area contributed by atoms with Crippen LogP contribution in [0.15, 0.2) is 54.6 Å². The van der Waals surface area contributed by atoms with Crippen molar-refractivity contribution in [3.63, 3.8) is 0 Å². The highest BCUT2D eigenvalue weighted by atomic mass is 16.5. The molecule has 2 aromatic carbocycles. The predicted octanol–water partition coefficient (Wildman–Crippen LogP) is 3.81. The Balaban J connectivity index is 1.43. The fraction of sp³-hybridized carbons (Fsp3) is 0.273. The van der Waals surface area contributed by atoms with E-state index in [-0.39, 0.29) is 17.8 Å². The van der Waals surface area contributed by atoms with Crippen molar-refractivity contribution in [1.82, 2.24) is 4.98 Å². The van der Waals surface area contributed by atoms with Gasteiger partial charge in [0.1, 0.15) is 5.69 Å². The minimum absolute atomic E-state index is 0.0832. The molecular weight excluding hydrogens is 354 g/mol. The molecule has 4 rings (SSSR count). The molecule has 0 saturated carbocycles. The first-order valence-corrected chi connectivity index (χ1v) is 9.46. The van der Waals surface area contributed by atoms with Crippen molar-refractivity contribution in [1.29, 1.82) is 0 Å². The van der Waals surface area contributed by atoms with Gasteiger partial charge in [0.2, 0.25) is 0 Å². The molecule has 28 heavy (non-hydrogen) atoms. The standard InChI is InChI=1S/C22H23N3O3/c1-28-22(27)16-6-4-12-25(14-16)18-10-8-17(9-11-18)23-21(26)20-13-15-5-2-3-7-19(15)24-20/h2-3,5,7-11,13,16,24H,4,6,12,14H2,1H3,(H,23,26). The fourth-order valence-corrected chi connectivity index (χ4v) is 3.72. The van der Waals surface area contributed by atoms with Gasteiger partial charge in [-0.1, -0.05) is 18.2 Å². The normalized spacial score (nSPS) is 16.8. The van der Waals surface area contributed by atoms with Crippen LogP contribution in [0, 0.1) is 5.92 Å². The van der Waals surface area contributed by atoms with Gasteiger partial charge < -0.3 is 19.9 Å². The molecule has 1 amide bonds. The fourth-order valence-electron chi connectivity index (χ4n) is 3.72. The van der Waals surface area contributed by atoms with Crippen molar-refractivity contribution in [2.24, 2.45) is 5.92 Å². The van der Waals surface area contributed by atoms with Crippen LogP contribution in [0.1, 0.15) is 23.3 Å². The van der Waals surface area contributed by atoms with Crippen molar-refractivity contribution in [3.05, 3.63) is 60.3 Å². The van der Waals surface area contributed by atoms with Gasteiger partial charge in [0.15, 0.2) is 0 Å². The maximum atomic E-state index is 12.5. The number of carbonyl (C=O) groups excluding carboxylic acids is 2. The first kappa shape index (κ1) is 18.1. The van der Waals surface area contributed by atoms with Crippen LogP contribution in [0.5, 0.6) is 0 Å². The Kier molecular flexibility index (Phi) is 5.02. The molecule has 0 bridgehead atoms. The highest BCUT2D eigenvalue weighted by Gasteiger charge is 2.26. The monoisotopic (exact) mass is 377 g/mol. The Hall–Kier alpha value is -3.28. The molecule has 1 saturated heterocycles. The van der Waals surface area contributed by atoms with Gasteiger partial charge in [0, 0.05) is 35.4 Å². The van der Waals surface area contributed by atoms with Crippen molar-refractivity contribution >= 4 is 34.2 Å². The minimum Gasteiger partial charge on any atom is -0.469 e. The van der Waals surface area contributed by atoms with E-state index in [4.69, 9.17) is 4.74 Å². The maximum Gasteiger partial charge on any atom is 0.310 e. The molecule has 1 aliphatic rings. The van der Waals surface area contributed by atoms with E-state index in [1.807, 2.05) is 54.6 Å². The third kappa shape index (κ3) is 3.71. The van der Waals surface area contributed by atoms with E-state index < -0.39 is 0 Å². The zero-order valence-corrected chi connectivity index (χ0v) is 15.8. The van der Waals surface area contributed by atoms with Gasteiger partial charge in [-0.15, -0.1) is 0 Å². The molecule has 3 aromatic rings. The van der Waals surface area contributed by atoms with Gasteiger partial charge in [-0.05, 0) is 49.2 Å². The van der Waals surface area contributed by atoms with Crippen molar-refractivity contribution in [2.45, 2.75) is 12.8 Å². The van der Waals surface area contributed by atoms with Crippen molar-refractivity contribution in [3.8, 4) is 0 Å². The lowest BCUT2D eigenvalue weighted by Crippen LogP contribution is -2.39. The van der Waals surface area contributed by atoms with E-state index in [1.165, 1.54) is 7.11 Å². The molecule has 1 atom stereocenters. The largest absolute Gasteiger partial charge is 0.469 e. The molecule has 2 heterocycles. The number of rotatable bonds is 4. The molecule has 1 unspecified atom stereocenters. The summed E-state index contributed by atoms with van der Waals surface area (Å²) in [5.41, 5.74) is 3.24. The molecule has 0 spiro atoms. The molecule has 6 heteroatoms. The van der Waals surface area contributed by atoms with Crippen LogP contribution in [0.25, 0.3) is 10.9 Å². The molecule has 0 radical (unpaired) electrons. The summed E-state index contributed by atoms with van der Waals surface area (Å²) < 4.78 is 4.88. The first-order chi connectivity index (χ1) is 13.6. The lowest BCUT2D eigenvalue weighted by molar-refractivity contribution is -0.145. The number of H-pyrrole nitrogens is 1. The number of nitrogens with zero attached hydrogens (tertiary/aromatic N) is 1. The number of aromatic nitrogens is 1. The van der Waals surface area contributed by atoms with Gasteiger partial charge in [0.05, 0.1) is 13.0 Å². The van der Waals surface area contributed by atoms with Gasteiger partial charge in [0.25, 0.3) is 5.91 Å². The number of nitrogens with one attached hydrogen (secondary N) is 2. The van der Waals surface area contributed by atoms with E-state index in [2.05, 4.69) is 15.2 Å². The summed E-state index contributed by atoms with van der Waals surface area (Å²) in [6, 6.07) is 17.4. The van der Waals surface area contributed by atoms with Crippen molar-refractivity contribution in [2.75, 3.05) is 30.4 Å². The topological polar surface area (TPSA) is 74.4 Å². The van der Waals surface area contributed by atoms with Crippen LogP contribution in [0.4, 0.5) is 11.4 Å². The number of anilines is 2. The second kappa shape index (κ2) is 7.76. The van der Waals surface area contributed by atoms with E-state index >= 15 is 0 Å². The second-order valence-electron chi connectivity index (χ2n) is 7.08. The van der Waals surface area contributed by atoms with Crippen LogP contribution >= 0.6 is 0 Å². The van der Waals surface area contributed by atoms with Crippen LogP contribution < -0.4 is 10.2 Å². The number of hydrogen-bond acceptors (Lipinski definition) is 4. The van der Waals surface area contributed by atoms with E-state index in [9.17, 15) is 9.59 Å². The van der Waals surface area contributed by atoms with Crippen LogP contribution in [0.2, 0.25) is 0 Å². The predicted molar refractivity (Wildman–Crippen MR) is 110 cm³/mol. The molecular formula is C22H23N3O3. The van der Waals surface area contributed by atoms with E-state index in [0.29, 0.717) is 12.2 Å². The third-order valence-corrected chi connectivity index (χ3v) is 5.22. The summed E-state index contributed by atoms with van der Waals surface area (Å²) in [4.78, 5) is 29.7. The first-order valence-electron chi connectivity index (χ1n) is 9.46. The number of methoxy groups -OCH3 is 1. The average molecular weight is 377 g/mol. The van der Waals surface area contributed by atoms with Gasteiger partial charge in [-0.3, -0.25) is 9.59 Å². The summed E-state index contributed by atoms with van der Waals surface area (Å²) in [7, 11) is 1.44. The summed E-state index contributed by atoms with van der Waals surface area (Å²) in [6.07, 6.45) is 1.82. The lowest BCUT2D eigenvalue weighted by Gasteiger charge is -2.33. The van der Waals surface area contributed by atoms with Crippen molar-refractivity contribution < 1.29 is 14.3 Å². The summed E-state index contributed by atoms with van der Waals surface area (Å²) in [5, 5.41) is 3.93. The zero-order valence-electron chi connectivity index (χ0n) is 15.8. The quantitative estimate of drug-likeness (QED) is 0.678.